The number of carbonyl (C=O) groups is 1. The van der Waals surface area contributed by atoms with Crippen LogP contribution in [0.1, 0.15) is 86.0 Å². The lowest BCUT2D eigenvalue weighted by molar-refractivity contribution is -0.163. The Hall–Kier alpha value is -1.09. The van der Waals surface area contributed by atoms with Gasteiger partial charge in [-0.3, -0.25) is 4.79 Å². The average Bonchev–Trinajstić information content (AvgIpc) is 3.13. The summed E-state index contributed by atoms with van der Waals surface area (Å²) in [5.41, 5.74) is 1.07. The molecule has 0 aromatic heterocycles. The number of ether oxygens (including phenoxy) is 1. The number of allylic oxidation sites excluding steroid dienone is 3. The highest BCUT2D eigenvalue weighted by molar-refractivity contribution is 5.82. The van der Waals surface area contributed by atoms with Gasteiger partial charge in [-0.15, -0.1) is 0 Å². The summed E-state index contributed by atoms with van der Waals surface area (Å²) in [7, 11) is 1.55. The Morgan fingerprint density at radius 1 is 1.09 bits per heavy atom. The van der Waals surface area contributed by atoms with Crippen molar-refractivity contribution >= 4 is 5.97 Å². The molecule has 0 heterocycles. The number of esters is 1. The quantitative estimate of drug-likeness (QED) is 0.387. The fourth-order valence-corrected chi connectivity index (χ4v) is 8.47. The van der Waals surface area contributed by atoms with E-state index in [2.05, 4.69) is 52.8 Å². The number of aliphatic hydroxyl groups is 1. The Morgan fingerprint density at radius 3 is 2.53 bits per heavy atom. The summed E-state index contributed by atoms with van der Waals surface area (Å²) in [6, 6.07) is 0. The lowest BCUT2D eigenvalue weighted by Crippen LogP contribution is -2.55. The molecular formula is C29H46O3. The summed E-state index contributed by atoms with van der Waals surface area (Å²) in [6.07, 6.45) is 15.1. The van der Waals surface area contributed by atoms with Crippen LogP contribution in [0.15, 0.2) is 23.8 Å². The van der Waals surface area contributed by atoms with E-state index in [4.69, 9.17) is 4.74 Å². The minimum atomic E-state index is -0.478. The van der Waals surface area contributed by atoms with Gasteiger partial charge in [-0.2, -0.15) is 0 Å². The molecule has 4 aliphatic rings. The molecule has 180 valence electrons. The molecule has 32 heavy (non-hydrogen) atoms. The molecular weight excluding hydrogens is 396 g/mol. The van der Waals surface area contributed by atoms with E-state index in [1.165, 1.54) is 24.8 Å². The maximum atomic E-state index is 13.3. The molecule has 3 heteroatoms. The van der Waals surface area contributed by atoms with Crippen molar-refractivity contribution in [2.75, 3.05) is 7.11 Å². The minimum Gasteiger partial charge on any atom is -0.468 e. The van der Waals surface area contributed by atoms with E-state index in [1.807, 2.05) is 0 Å². The first-order chi connectivity index (χ1) is 15.1. The van der Waals surface area contributed by atoms with Crippen molar-refractivity contribution in [1.82, 2.24) is 0 Å². The van der Waals surface area contributed by atoms with Crippen LogP contribution in [0.4, 0.5) is 0 Å². The lowest BCUT2D eigenvalue weighted by Gasteiger charge is -2.57. The fraction of sp³-hybridized carbons (Fsp3) is 0.828. The third-order valence-corrected chi connectivity index (χ3v) is 10.6. The third-order valence-electron chi connectivity index (χ3n) is 10.6. The standard InChI is InChI=1S/C29H46O3/c1-18(2)19(3)7-8-20(4)24-11-12-25-23-10-9-21-17-22(30)13-16-29(21,27(31)32-6)26(23)14-15-28(24,25)5/h7-9,18-20,22-26,30H,10-17H2,1-6H3/t19-,20+,22-,23-,24+,25-,26-,28+,29+/m0/s1. The van der Waals surface area contributed by atoms with Gasteiger partial charge in [-0.05, 0) is 98.2 Å². The van der Waals surface area contributed by atoms with Crippen LogP contribution in [0, 0.1) is 52.3 Å². The van der Waals surface area contributed by atoms with Crippen LogP contribution in [0.3, 0.4) is 0 Å². The van der Waals surface area contributed by atoms with Crippen LogP contribution in [0.25, 0.3) is 0 Å². The molecule has 0 unspecified atom stereocenters. The predicted molar refractivity (Wildman–Crippen MR) is 130 cm³/mol. The average molecular weight is 443 g/mol. The molecule has 0 aromatic carbocycles. The molecule has 4 aliphatic carbocycles. The Kier molecular flexibility index (Phi) is 6.71. The second-order valence-corrected chi connectivity index (χ2v) is 12.3. The molecule has 0 aliphatic heterocycles. The molecule has 3 saturated carbocycles. The van der Waals surface area contributed by atoms with Crippen molar-refractivity contribution < 1.29 is 14.6 Å². The van der Waals surface area contributed by atoms with E-state index >= 15 is 0 Å². The zero-order valence-electron chi connectivity index (χ0n) is 21.3. The second-order valence-electron chi connectivity index (χ2n) is 12.3. The number of fused-ring (bicyclic) bond motifs is 5. The van der Waals surface area contributed by atoms with Crippen molar-refractivity contribution in [3.8, 4) is 0 Å². The maximum Gasteiger partial charge on any atom is 0.316 e. The summed E-state index contributed by atoms with van der Waals surface area (Å²) >= 11 is 0. The predicted octanol–water partition coefficient (Wildman–Crippen LogP) is 6.56. The molecule has 0 radical (unpaired) electrons. The van der Waals surface area contributed by atoms with Crippen LogP contribution in [0.5, 0.6) is 0 Å². The summed E-state index contributed by atoms with van der Waals surface area (Å²) in [4.78, 5) is 13.3. The van der Waals surface area contributed by atoms with Crippen LogP contribution in [-0.4, -0.2) is 24.3 Å². The Morgan fingerprint density at radius 2 is 1.84 bits per heavy atom. The zero-order chi connectivity index (χ0) is 23.3. The SMILES string of the molecule is COC(=O)[C@]12CC[C@H](O)CC1=CC[C@@H]1[C@@H]2CC[C@]2(C)[C@@H]([C@H](C)C=C[C@H](C)C(C)C)CC[C@@H]12. The van der Waals surface area contributed by atoms with Gasteiger partial charge in [-0.1, -0.05) is 58.4 Å². The number of carbonyl (C=O) groups excluding carboxylic acids is 1. The summed E-state index contributed by atoms with van der Waals surface area (Å²) in [5.74, 6) is 4.26. The highest BCUT2D eigenvalue weighted by Gasteiger charge is 2.62. The molecule has 0 amide bonds. The van der Waals surface area contributed by atoms with Crippen LogP contribution in [-0.2, 0) is 9.53 Å². The van der Waals surface area contributed by atoms with Crippen LogP contribution >= 0.6 is 0 Å². The van der Waals surface area contributed by atoms with Crippen molar-refractivity contribution in [3.63, 3.8) is 0 Å². The number of rotatable bonds is 5. The van der Waals surface area contributed by atoms with Gasteiger partial charge in [0.2, 0.25) is 0 Å². The summed E-state index contributed by atoms with van der Waals surface area (Å²) < 4.78 is 5.43. The van der Waals surface area contributed by atoms with Gasteiger partial charge in [0, 0.05) is 0 Å². The minimum absolute atomic E-state index is 0.0394. The number of hydrogen-bond acceptors (Lipinski definition) is 3. The first kappa shape index (κ1) is 24.0. The Labute approximate surface area is 196 Å². The van der Waals surface area contributed by atoms with Gasteiger partial charge < -0.3 is 9.84 Å². The third kappa shape index (κ3) is 3.71. The largest absolute Gasteiger partial charge is 0.468 e. The van der Waals surface area contributed by atoms with E-state index in [0.29, 0.717) is 47.3 Å². The molecule has 4 rings (SSSR count). The van der Waals surface area contributed by atoms with Gasteiger partial charge in [0.1, 0.15) is 0 Å². The van der Waals surface area contributed by atoms with Crippen molar-refractivity contribution in [1.29, 1.82) is 0 Å². The zero-order valence-corrected chi connectivity index (χ0v) is 21.3. The number of aliphatic hydroxyl groups excluding tert-OH is 1. The maximum absolute atomic E-state index is 13.3. The fourth-order valence-electron chi connectivity index (χ4n) is 8.47. The van der Waals surface area contributed by atoms with Crippen LogP contribution in [0.2, 0.25) is 0 Å². The highest BCUT2D eigenvalue weighted by Crippen LogP contribution is 2.67. The molecule has 0 aromatic rings. The first-order valence-electron chi connectivity index (χ1n) is 13.3. The van der Waals surface area contributed by atoms with E-state index < -0.39 is 5.41 Å². The second kappa shape index (κ2) is 8.93. The molecule has 9 atom stereocenters. The van der Waals surface area contributed by atoms with Crippen molar-refractivity contribution in [3.05, 3.63) is 23.8 Å². The number of hydrogen-bond donors (Lipinski definition) is 1. The van der Waals surface area contributed by atoms with E-state index in [9.17, 15) is 9.90 Å². The Bertz CT molecular complexity index is 766. The van der Waals surface area contributed by atoms with Gasteiger partial charge in [0.05, 0.1) is 18.6 Å². The monoisotopic (exact) mass is 442 g/mol. The molecule has 3 fully saturated rings. The normalized spacial score (nSPS) is 43.2. The summed E-state index contributed by atoms with van der Waals surface area (Å²) in [5, 5.41) is 10.3. The van der Waals surface area contributed by atoms with Gasteiger partial charge in [0.15, 0.2) is 0 Å². The smallest absolute Gasteiger partial charge is 0.316 e. The van der Waals surface area contributed by atoms with Gasteiger partial charge >= 0.3 is 5.97 Å². The van der Waals surface area contributed by atoms with Crippen molar-refractivity contribution in [2.45, 2.75) is 92.1 Å². The topological polar surface area (TPSA) is 46.5 Å². The Balaban J connectivity index is 1.60. The highest BCUT2D eigenvalue weighted by atomic mass is 16.5. The van der Waals surface area contributed by atoms with Crippen molar-refractivity contribution in [2.24, 2.45) is 52.3 Å². The van der Waals surface area contributed by atoms with E-state index in [0.717, 1.165) is 31.6 Å². The molecule has 3 nitrogen and oxygen atoms in total. The molecule has 0 spiro atoms. The molecule has 0 saturated heterocycles. The first-order valence-corrected chi connectivity index (χ1v) is 13.3. The van der Waals surface area contributed by atoms with Gasteiger partial charge in [-0.25, -0.2) is 0 Å². The molecule has 1 N–H and O–H groups in total. The van der Waals surface area contributed by atoms with E-state index in [1.54, 1.807) is 7.11 Å². The van der Waals surface area contributed by atoms with E-state index in [-0.39, 0.29) is 12.1 Å². The summed E-state index contributed by atoms with van der Waals surface area (Å²) in [6.45, 7) is 11.9. The number of methoxy groups -OCH3 is 1. The van der Waals surface area contributed by atoms with Gasteiger partial charge in [0.25, 0.3) is 0 Å². The van der Waals surface area contributed by atoms with Crippen LogP contribution < -0.4 is 0 Å². The molecule has 0 bridgehead atoms. The lowest BCUT2D eigenvalue weighted by atomic mass is 9.46.